The summed E-state index contributed by atoms with van der Waals surface area (Å²) in [5.41, 5.74) is 3.97. The highest BCUT2D eigenvalue weighted by Gasteiger charge is 2.43. The van der Waals surface area contributed by atoms with Crippen LogP contribution in [0.3, 0.4) is 0 Å². The molecule has 186 valence electrons. The van der Waals surface area contributed by atoms with E-state index in [2.05, 4.69) is 5.10 Å². The maximum atomic E-state index is 13.2. The molecule has 0 bridgehead atoms. The average molecular weight is 524 g/mol. The fraction of sp³-hybridized carbons (Fsp3) is 0.231. The lowest BCUT2D eigenvalue weighted by molar-refractivity contribution is -0.149. The zero-order valence-corrected chi connectivity index (χ0v) is 21.8. The van der Waals surface area contributed by atoms with Crippen LogP contribution in [-0.2, 0) is 9.59 Å². The lowest BCUT2D eigenvalue weighted by Crippen LogP contribution is -2.49. The molecule has 0 spiro atoms. The van der Waals surface area contributed by atoms with Gasteiger partial charge < -0.3 is 14.9 Å². The number of thiocarbonyl (C=S) groups is 1. The van der Waals surface area contributed by atoms with Crippen molar-refractivity contribution in [2.24, 2.45) is 0 Å². The van der Waals surface area contributed by atoms with Crippen LogP contribution in [0.4, 0.5) is 0 Å². The second kappa shape index (κ2) is 10.3. The number of carboxylic acids is 1. The third-order valence-corrected chi connectivity index (χ3v) is 7.02. The Morgan fingerprint density at radius 1 is 1.17 bits per heavy atom. The van der Waals surface area contributed by atoms with Crippen LogP contribution in [0, 0.1) is 20.8 Å². The van der Waals surface area contributed by atoms with Gasteiger partial charge in [0.2, 0.25) is 5.88 Å². The molecule has 0 saturated carbocycles. The lowest BCUT2D eigenvalue weighted by atomic mass is 10.1. The van der Waals surface area contributed by atoms with Gasteiger partial charge in [0.05, 0.1) is 28.0 Å². The van der Waals surface area contributed by atoms with E-state index in [9.17, 15) is 19.8 Å². The minimum atomic E-state index is -1.48. The highest BCUT2D eigenvalue weighted by molar-refractivity contribution is 8.26. The van der Waals surface area contributed by atoms with Crippen LogP contribution in [0.15, 0.2) is 53.4 Å². The van der Waals surface area contributed by atoms with E-state index in [0.29, 0.717) is 22.9 Å². The maximum Gasteiger partial charge on any atom is 0.329 e. The van der Waals surface area contributed by atoms with E-state index in [1.165, 1.54) is 6.92 Å². The van der Waals surface area contributed by atoms with E-state index in [1.807, 2.05) is 62.4 Å². The second-order valence-electron chi connectivity index (χ2n) is 8.50. The Morgan fingerprint density at radius 3 is 2.47 bits per heavy atom. The predicted octanol–water partition coefficient (Wildman–Crippen LogP) is 4.63. The van der Waals surface area contributed by atoms with Gasteiger partial charge in [0, 0.05) is 0 Å². The normalized spacial score (nSPS) is 16.5. The van der Waals surface area contributed by atoms with Crippen LogP contribution in [0.25, 0.3) is 11.8 Å². The van der Waals surface area contributed by atoms with Crippen molar-refractivity contribution in [1.82, 2.24) is 14.7 Å². The number of thioether (sulfide) groups is 1. The van der Waals surface area contributed by atoms with Crippen molar-refractivity contribution in [2.45, 2.75) is 39.8 Å². The molecule has 0 radical (unpaired) electrons. The van der Waals surface area contributed by atoms with Gasteiger partial charge in [-0.05, 0) is 57.5 Å². The number of benzene rings is 2. The number of aliphatic carboxylic acids is 1. The van der Waals surface area contributed by atoms with Crippen molar-refractivity contribution < 1.29 is 24.5 Å². The number of aromatic nitrogens is 2. The molecule has 2 aromatic carbocycles. The van der Waals surface area contributed by atoms with Crippen molar-refractivity contribution in [2.75, 3.05) is 0 Å². The van der Waals surface area contributed by atoms with Crippen molar-refractivity contribution in [3.63, 3.8) is 0 Å². The first kappa shape index (κ1) is 25.6. The molecule has 4 rings (SSSR count). The van der Waals surface area contributed by atoms with Gasteiger partial charge in [0.1, 0.15) is 10.1 Å². The molecule has 1 amide bonds. The number of aryl methyl sites for hydroxylation is 3. The van der Waals surface area contributed by atoms with Crippen molar-refractivity contribution in [3.8, 4) is 17.3 Å². The Hall–Kier alpha value is -3.47. The summed E-state index contributed by atoms with van der Waals surface area (Å²) in [6.07, 6.45) is 0.302. The van der Waals surface area contributed by atoms with Gasteiger partial charge in [-0.2, -0.15) is 9.78 Å². The van der Waals surface area contributed by atoms with Gasteiger partial charge in [-0.25, -0.2) is 4.79 Å². The Balaban J connectivity index is 1.83. The maximum absolute atomic E-state index is 13.2. The molecule has 1 aliphatic rings. The van der Waals surface area contributed by atoms with E-state index >= 15 is 0 Å². The molecule has 2 N–H and O–H groups in total. The summed E-state index contributed by atoms with van der Waals surface area (Å²) in [4.78, 5) is 26.1. The van der Waals surface area contributed by atoms with E-state index in [0.717, 1.165) is 33.5 Å². The topological polar surface area (TPSA) is 105 Å². The molecule has 8 nitrogen and oxygen atoms in total. The molecule has 1 unspecified atom stereocenters. The zero-order valence-electron chi connectivity index (χ0n) is 20.1. The Kier molecular flexibility index (Phi) is 7.30. The monoisotopic (exact) mass is 523 g/mol. The minimum Gasteiger partial charge on any atom is -0.480 e. The van der Waals surface area contributed by atoms with Crippen molar-refractivity contribution in [3.05, 3.63) is 75.8 Å². The minimum absolute atomic E-state index is 0.0597. The number of hydrogen-bond donors (Lipinski definition) is 2. The molecule has 1 saturated heterocycles. The molecule has 1 aromatic heterocycles. The number of ether oxygens (including phenoxy) is 1. The van der Waals surface area contributed by atoms with E-state index in [-0.39, 0.29) is 9.23 Å². The van der Waals surface area contributed by atoms with Gasteiger partial charge in [-0.1, -0.05) is 59.9 Å². The standard InChI is InChI=1S/C26H25N3O5S2/c1-14-10-11-20(15(2)12-14)34-24-19(16(3)27-29(24)18-8-6-5-7-9-18)13-21-23(31)28(26(35)36-21)22(17(4)30)25(32)33/h5-13,17,22,30H,1-4H3,(H,32,33)/b21-13-/t17?,22-/m0/s1. The molecular weight excluding hydrogens is 498 g/mol. The first-order chi connectivity index (χ1) is 17.1. The Bertz CT molecular complexity index is 1380. The van der Waals surface area contributed by atoms with Crippen LogP contribution in [-0.4, -0.2) is 53.2 Å². The molecule has 1 aliphatic heterocycles. The fourth-order valence-electron chi connectivity index (χ4n) is 3.93. The van der Waals surface area contributed by atoms with Gasteiger partial charge >= 0.3 is 5.97 Å². The number of nitrogens with zero attached hydrogens (tertiary/aromatic N) is 3. The van der Waals surface area contributed by atoms with Crippen LogP contribution in [0.2, 0.25) is 0 Å². The lowest BCUT2D eigenvalue weighted by Gasteiger charge is -2.25. The first-order valence-corrected chi connectivity index (χ1v) is 12.4. The molecule has 36 heavy (non-hydrogen) atoms. The number of amides is 1. The molecule has 3 aromatic rings. The Labute approximate surface area is 218 Å². The predicted molar refractivity (Wildman–Crippen MR) is 142 cm³/mol. The number of para-hydroxylation sites is 1. The number of carbonyl (C=O) groups excluding carboxylic acids is 1. The number of carboxylic acid groups (broad SMARTS) is 1. The summed E-state index contributed by atoms with van der Waals surface area (Å²) in [7, 11) is 0. The van der Waals surface area contributed by atoms with Crippen LogP contribution >= 0.6 is 24.0 Å². The van der Waals surface area contributed by atoms with E-state index in [4.69, 9.17) is 17.0 Å². The van der Waals surface area contributed by atoms with Gasteiger partial charge in [-0.15, -0.1) is 0 Å². The number of aliphatic hydroxyl groups is 1. The molecule has 2 heterocycles. The smallest absolute Gasteiger partial charge is 0.329 e. The SMILES string of the molecule is Cc1ccc(Oc2c(/C=C3\SC(=S)N([C@H](C(=O)O)C(C)O)C3=O)c(C)nn2-c2ccccc2)c(C)c1. The number of carbonyl (C=O) groups is 2. The summed E-state index contributed by atoms with van der Waals surface area (Å²) >= 11 is 6.28. The van der Waals surface area contributed by atoms with Crippen LogP contribution in [0.5, 0.6) is 11.6 Å². The molecule has 10 heteroatoms. The van der Waals surface area contributed by atoms with E-state index < -0.39 is 24.0 Å². The third-order valence-electron chi connectivity index (χ3n) is 5.69. The number of rotatable bonds is 7. The van der Waals surface area contributed by atoms with Crippen molar-refractivity contribution in [1.29, 1.82) is 0 Å². The fourth-order valence-corrected chi connectivity index (χ4v) is 5.24. The number of aliphatic hydroxyl groups excluding tert-OH is 1. The quantitative estimate of drug-likeness (QED) is 0.341. The number of hydrogen-bond acceptors (Lipinski definition) is 7. The molecular formula is C26H25N3O5S2. The second-order valence-corrected chi connectivity index (χ2v) is 10.2. The average Bonchev–Trinajstić information content (AvgIpc) is 3.27. The van der Waals surface area contributed by atoms with E-state index in [1.54, 1.807) is 17.7 Å². The Morgan fingerprint density at radius 2 is 1.86 bits per heavy atom. The summed E-state index contributed by atoms with van der Waals surface area (Å²) in [6.45, 7) is 7.06. The third kappa shape index (κ3) is 4.92. The highest BCUT2D eigenvalue weighted by atomic mass is 32.2. The summed E-state index contributed by atoms with van der Waals surface area (Å²) < 4.78 is 8.10. The van der Waals surface area contributed by atoms with Crippen molar-refractivity contribution >= 4 is 46.3 Å². The molecule has 2 atom stereocenters. The summed E-state index contributed by atoms with van der Waals surface area (Å²) in [6, 6.07) is 13.8. The summed E-state index contributed by atoms with van der Waals surface area (Å²) in [5.74, 6) is -0.890. The highest BCUT2D eigenvalue weighted by Crippen LogP contribution is 2.39. The zero-order chi connectivity index (χ0) is 26.1. The largest absolute Gasteiger partial charge is 0.480 e. The first-order valence-electron chi connectivity index (χ1n) is 11.2. The van der Waals surface area contributed by atoms with Crippen LogP contribution < -0.4 is 4.74 Å². The van der Waals surface area contributed by atoms with Crippen LogP contribution in [0.1, 0.15) is 29.3 Å². The molecule has 1 fully saturated rings. The van der Waals surface area contributed by atoms with Gasteiger partial charge in [0.15, 0.2) is 6.04 Å². The summed E-state index contributed by atoms with van der Waals surface area (Å²) in [5, 5.41) is 24.2. The molecule has 0 aliphatic carbocycles. The van der Waals surface area contributed by atoms with Gasteiger partial charge in [-0.3, -0.25) is 9.69 Å². The van der Waals surface area contributed by atoms with Gasteiger partial charge in [0.25, 0.3) is 5.91 Å².